The molecule has 100 valence electrons. The van der Waals surface area contributed by atoms with Crippen molar-refractivity contribution in [1.29, 1.82) is 0 Å². The van der Waals surface area contributed by atoms with Crippen molar-refractivity contribution in [2.75, 3.05) is 5.73 Å². The maximum Gasteiger partial charge on any atom is 0.165 e. The number of nitrogens with zero attached hydrogens (tertiary/aromatic N) is 2. The number of nitrogens with two attached hydrogens (primary N) is 1. The van der Waals surface area contributed by atoms with E-state index in [-0.39, 0.29) is 17.5 Å². The van der Waals surface area contributed by atoms with Crippen molar-refractivity contribution in [2.24, 2.45) is 0 Å². The molecule has 0 aliphatic rings. The van der Waals surface area contributed by atoms with Crippen LogP contribution in [0.4, 0.5) is 10.2 Å². The van der Waals surface area contributed by atoms with Gasteiger partial charge < -0.3 is 5.73 Å². The Hall–Kier alpha value is -2.20. The number of aryl methyl sites for hydroxylation is 1. The minimum Gasteiger partial charge on any atom is -0.383 e. The zero-order chi connectivity index (χ0) is 14.3. The van der Waals surface area contributed by atoms with Crippen LogP contribution in [0.25, 0.3) is 22.3 Å². The van der Waals surface area contributed by atoms with E-state index in [1.165, 1.54) is 6.07 Å². The molecule has 20 heavy (non-hydrogen) atoms. The highest BCUT2D eigenvalue weighted by molar-refractivity contribution is 6.31. The van der Waals surface area contributed by atoms with Crippen molar-refractivity contribution < 1.29 is 4.39 Å². The fourth-order valence-electron chi connectivity index (χ4n) is 2.06. The first-order chi connectivity index (χ1) is 9.54. The van der Waals surface area contributed by atoms with Gasteiger partial charge in [0.25, 0.3) is 0 Å². The summed E-state index contributed by atoms with van der Waals surface area (Å²) in [6, 6.07) is 9.95. The topological polar surface area (TPSA) is 51.8 Å². The van der Waals surface area contributed by atoms with Crippen molar-refractivity contribution >= 4 is 28.3 Å². The van der Waals surface area contributed by atoms with Crippen LogP contribution in [0.15, 0.2) is 36.4 Å². The lowest BCUT2D eigenvalue weighted by atomic mass is 10.1. The lowest BCUT2D eigenvalue weighted by Crippen LogP contribution is -1.99. The molecule has 0 saturated carbocycles. The Bertz CT molecular complexity index is 818. The molecule has 0 bridgehead atoms. The Kier molecular flexibility index (Phi) is 3.03. The van der Waals surface area contributed by atoms with Gasteiger partial charge in [0.05, 0.1) is 11.1 Å². The normalized spacial score (nSPS) is 10.9. The fraction of sp³-hybridized carbons (Fsp3) is 0.0667. The Balaban J connectivity index is 2.27. The molecule has 3 nitrogen and oxygen atoms in total. The van der Waals surface area contributed by atoms with Crippen LogP contribution in [0.2, 0.25) is 5.02 Å². The third kappa shape index (κ3) is 2.18. The van der Waals surface area contributed by atoms with Crippen molar-refractivity contribution in [1.82, 2.24) is 9.97 Å². The van der Waals surface area contributed by atoms with Gasteiger partial charge in [-0.05, 0) is 37.3 Å². The Morgan fingerprint density at radius 1 is 1.10 bits per heavy atom. The second-order valence-corrected chi connectivity index (χ2v) is 5.01. The fourth-order valence-corrected chi connectivity index (χ4v) is 2.23. The summed E-state index contributed by atoms with van der Waals surface area (Å²) in [5, 5.41) is 1.22. The van der Waals surface area contributed by atoms with E-state index in [0.717, 1.165) is 5.56 Å². The highest BCUT2D eigenvalue weighted by Crippen LogP contribution is 2.27. The Morgan fingerprint density at radius 3 is 2.70 bits per heavy atom. The monoisotopic (exact) mass is 287 g/mol. The summed E-state index contributed by atoms with van der Waals surface area (Å²) in [6.45, 7) is 1.88. The first-order valence-electron chi connectivity index (χ1n) is 6.04. The molecule has 3 rings (SSSR count). The molecule has 0 saturated heterocycles. The Labute approximate surface area is 120 Å². The molecular weight excluding hydrogens is 277 g/mol. The number of rotatable bonds is 1. The van der Waals surface area contributed by atoms with E-state index in [1.54, 1.807) is 30.3 Å². The summed E-state index contributed by atoms with van der Waals surface area (Å²) < 4.78 is 13.9. The van der Waals surface area contributed by atoms with Gasteiger partial charge in [-0.3, -0.25) is 0 Å². The third-order valence-corrected chi connectivity index (χ3v) is 3.29. The van der Waals surface area contributed by atoms with Crippen molar-refractivity contribution in [3.63, 3.8) is 0 Å². The number of aromatic nitrogens is 2. The number of halogens is 2. The SMILES string of the molecule is Cc1ccc(F)c(-c2nc(N)c3cc(Cl)ccc3n2)c1. The molecule has 2 aromatic carbocycles. The average molecular weight is 288 g/mol. The van der Waals surface area contributed by atoms with Gasteiger partial charge >= 0.3 is 0 Å². The van der Waals surface area contributed by atoms with E-state index in [9.17, 15) is 4.39 Å². The predicted octanol–water partition coefficient (Wildman–Crippen LogP) is 3.98. The number of hydrogen-bond acceptors (Lipinski definition) is 3. The minimum atomic E-state index is -0.372. The summed E-state index contributed by atoms with van der Waals surface area (Å²) in [7, 11) is 0. The summed E-state index contributed by atoms with van der Waals surface area (Å²) in [5.74, 6) is 0.190. The number of benzene rings is 2. The maximum absolute atomic E-state index is 13.9. The van der Waals surface area contributed by atoms with Gasteiger partial charge in [-0.1, -0.05) is 23.2 Å². The van der Waals surface area contributed by atoms with Crippen molar-refractivity contribution in [3.8, 4) is 11.4 Å². The van der Waals surface area contributed by atoms with Crippen LogP contribution in [-0.2, 0) is 0 Å². The van der Waals surface area contributed by atoms with E-state index in [2.05, 4.69) is 9.97 Å². The van der Waals surface area contributed by atoms with Crippen LogP contribution in [0.3, 0.4) is 0 Å². The van der Waals surface area contributed by atoms with Crippen LogP contribution in [-0.4, -0.2) is 9.97 Å². The van der Waals surface area contributed by atoms with Crippen molar-refractivity contribution in [2.45, 2.75) is 6.92 Å². The molecule has 0 atom stereocenters. The molecule has 0 fully saturated rings. The van der Waals surface area contributed by atoms with Crippen LogP contribution in [0.1, 0.15) is 5.56 Å². The predicted molar refractivity (Wildman–Crippen MR) is 79.1 cm³/mol. The largest absolute Gasteiger partial charge is 0.383 e. The molecule has 1 aromatic heterocycles. The van der Waals surface area contributed by atoms with E-state index >= 15 is 0 Å². The second kappa shape index (κ2) is 4.72. The summed E-state index contributed by atoms with van der Waals surface area (Å²) >= 11 is 5.92. The van der Waals surface area contributed by atoms with Gasteiger partial charge in [-0.25, -0.2) is 14.4 Å². The van der Waals surface area contributed by atoms with Crippen LogP contribution >= 0.6 is 11.6 Å². The smallest absolute Gasteiger partial charge is 0.165 e. The maximum atomic E-state index is 13.9. The average Bonchev–Trinajstić information content (AvgIpc) is 2.42. The molecule has 0 amide bonds. The van der Waals surface area contributed by atoms with E-state index < -0.39 is 0 Å². The van der Waals surface area contributed by atoms with Gasteiger partial charge in [0.1, 0.15) is 11.6 Å². The molecule has 0 aliphatic heterocycles. The molecule has 5 heteroatoms. The summed E-state index contributed by atoms with van der Waals surface area (Å²) in [6.07, 6.45) is 0. The van der Waals surface area contributed by atoms with Gasteiger partial charge in [0.2, 0.25) is 0 Å². The van der Waals surface area contributed by atoms with Crippen LogP contribution < -0.4 is 5.73 Å². The summed E-state index contributed by atoms with van der Waals surface area (Å²) in [5.41, 5.74) is 7.83. The van der Waals surface area contributed by atoms with Gasteiger partial charge in [-0.15, -0.1) is 0 Å². The molecule has 0 unspecified atom stereocenters. The zero-order valence-corrected chi connectivity index (χ0v) is 11.4. The molecule has 1 heterocycles. The lowest BCUT2D eigenvalue weighted by Gasteiger charge is -2.07. The summed E-state index contributed by atoms with van der Waals surface area (Å²) in [4.78, 5) is 8.54. The van der Waals surface area contributed by atoms with Gasteiger partial charge in [0.15, 0.2) is 5.82 Å². The van der Waals surface area contributed by atoms with E-state index in [1.807, 2.05) is 6.92 Å². The number of nitrogen functional groups attached to an aromatic ring is 1. The molecule has 0 radical (unpaired) electrons. The van der Waals surface area contributed by atoms with Gasteiger partial charge in [-0.2, -0.15) is 0 Å². The van der Waals surface area contributed by atoms with Gasteiger partial charge in [0, 0.05) is 10.4 Å². The molecule has 3 aromatic rings. The Morgan fingerprint density at radius 2 is 1.90 bits per heavy atom. The third-order valence-electron chi connectivity index (χ3n) is 3.05. The van der Waals surface area contributed by atoms with Crippen LogP contribution in [0.5, 0.6) is 0 Å². The highest BCUT2D eigenvalue weighted by Gasteiger charge is 2.11. The van der Waals surface area contributed by atoms with E-state index in [0.29, 0.717) is 21.5 Å². The molecule has 0 aliphatic carbocycles. The van der Waals surface area contributed by atoms with Crippen LogP contribution in [0, 0.1) is 12.7 Å². The standard InChI is InChI=1S/C15H11ClFN3/c1-8-2-4-12(17)10(6-8)15-19-13-5-3-9(16)7-11(13)14(18)20-15/h2-7H,1H3,(H2,18,19,20). The van der Waals surface area contributed by atoms with Crippen molar-refractivity contribution in [3.05, 3.63) is 52.8 Å². The molecule has 0 spiro atoms. The molecule has 2 N–H and O–H groups in total. The number of fused-ring (bicyclic) bond motifs is 1. The minimum absolute atomic E-state index is 0.276. The zero-order valence-electron chi connectivity index (χ0n) is 10.7. The lowest BCUT2D eigenvalue weighted by molar-refractivity contribution is 0.629. The number of anilines is 1. The highest BCUT2D eigenvalue weighted by atomic mass is 35.5. The first-order valence-corrected chi connectivity index (χ1v) is 6.42. The van der Waals surface area contributed by atoms with E-state index in [4.69, 9.17) is 17.3 Å². The molecular formula is C15H11ClFN3. The second-order valence-electron chi connectivity index (χ2n) is 4.58. The quantitative estimate of drug-likeness (QED) is 0.736. The number of hydrogen-bond donors (Lipinski definition) is 1. The first kappa shape index (κ1) is 12.8.